The molecule has 0 saturated heterocycles. The summed E-state index contributed by atoms with van der Waals surface area (Å²) in [6.45, 7) is 2.96. The number of anilines is 1. The van der Waals surface area contributed by atoms with E-state index < -0.39 is 0 Å². The van der Waals surface area contributed by atoms with Crippen LogP contribution in [0.4, 0.5) is 5.82 Å². The van der Waals surface area contributed by atoms with E-state index in [4.69, 9.17) is 26.2 Å². The van der Waals surface area contributed by atoms with Crippen LogP contribution in [0.15, 0.2) is 47.6 Å². The Morgan fingerprint density at radius 3 is 2.58 bits per heavy atom. The number of hydrogen-bond donors (Lipinski definition) is 3. The smallest absolute Gasteiger partial charge is 0.185 e. The molecule has 1 fully saturated rings. The molecule has 0 spiro atoms. The Kier molecular flexibility index (Phi) is 12.7. The van der Waals surface area contributed by atoms with Crippen molar-refractivity contribution in [3.63, 3.8) is 0 Å². The van der Waals surface area contributed by atoms with Crippen molar-refractivity contribution in [1.82, 2.24) is 15.0 Å². The lowest BCUT2D eigenvalue weighted by molar-refractivity contribution is 0.266. The lowest BCUT2D eigenvalue weighted by Gasteiger charge is -2.34. The molecule has 3 atom stereocenters. The van der Waals surface area contributed by atoms with Crippen LogP contribution in [-0.4, -0.2) is 40.6 Å². The molecule has 4 rings (SSSR count). The van der Waals surface area contributed by atoms with E-state index in [9.17, 15) is 0 Å². The minimum atomic E-state index is 0. The van der Waals surface area contributed by atoms with Crippen molar-refractivity contribution in [1.29, 1.82) is 0 Å². The Morgan fingerprint density at radius 1 is 1.11 bits per heavy atom. The molecule has 36 heavy (non-hydrogen) atoms. The molecule has 2 heterocycles. The SMILES string of the molecule is COc1ccc2nc(C=Cc3ccccn3)nc(N[C@@H]3CC[C@H](CN=C(N)N)C[C@H]3C)c2c1.Cl.Cl.Cl. The molecule has 0 bridgehead atoms. The lowest BCUT2D eigenvalue weighted by atomic mass is 9.79. The number of benzene rings is 1. The summed E-state index contributed by atoms with van der Waals surface area (Å²) in [6.07, 6.45) is 8.75. The third-order valence-electron chi connectivity index (χ3n) is 6.14. The molecule has 0 aliphatic heterocycles. The van der Waals surface area contributed by atoms with Gasteiger partial charge in [-0.1, -0.05) is 13.0 Å². The summed E-state index contributed by atoms with van der Waals surface area (Å²) < 4.78 is 5.45. The summed E-state index contributed by atoms with van der Waals surface area (Å²) in [7, 11) is 1.67. The van der Waals surface area contributed by atoms with Gasteiger partial charge in [0.2, 0.25) is 0 Å². The Morgan fingerprint density at radius 2 is 1.92 bits per heavy atom. The Balaban J connectivity index is 0.00000216. The van der Waals surface area contributed by atoms with Gasteiger partial charge in [0.15, 0.2) is 11.8 Å². The second kappa shape index (κ2) is 14.7. The highest BCUT2D eigenvalue weighted by Gasteiger charge is 2.28. The molecule has 1 aliphatic carbocycles. The number of aromatic nitrogens is 3. The van der Waals surface area contributed by atoms with Crippen molar-refractivity contribution in [2.24, 2.45) is 28.3 Å². The molecule has 3 aromatic rings. The summed E-state index contributed by atoms with van der Waals surface area (Å²) >= 11 is 0. The quantitative estimate of drug-likeness (QED) is 0.278. The van der Waals surface area contributed by atoms with E-state index >= 15 is 0 Å². The highest BCUT2D eigenvalue weighted by molar-refractivity contribution is 5.91. The van der Waals surface area contributed by atoms with Crippen LogP contribution in [0.1, 0.15) is 37.7 Å². The minimum Gasteiger partial charge on any atom is -0.497 e. The maximum absolute atomic E-state index is 5.51. The first-order chi connectivity index (χ1) is 16.0. The van der Waals surface area contributed by atoms with Crippen molar-refractivity contribution < 1.29 is 4.74 Å². The monoisotopic (exact) mass is 553 g/mol. The van der Waals surface area contributed by atoms with E-state index in [0.717, 1.165) is 47.4 Å². The predicted molar refractivity (Wildman–Crippen MR) is 156 cm³/mol. The standard InChI is InChI=1S/C25H31N7O.3ClH/c1-16-13-17(15-29-25(26)27)6-9-21(16)31-24-20-14-19(33-2)8-10-22(20)30-23(32-24)11-7-18-5-3-4-12-28-18;;;/h3-5,7-8,10-12,14,16-17,21H,6,9,13,15H2,1-2H3,(H4,26,27,29)(H,30,31,32);3*1H/t16-,17+,21-;;;/m1.../s1. The molecule has 0 unspecified atom stereocenters. The van der Waals surface area contributed by atoms with Crippen LogP contribution in [0.5, 0.6) is 5.75 Å². The van der Waals surface area contributed by atoms with Gasteiger partial charge in [0, 0.05) is 24.2 Å². The van der Waals surface area contributed by atoms with Crippen LogP contribution in [0.2, 0.25) is 0 Å². The van der Waals surface area contributed by atoms with Gasteiger partial charge in [0.05, 0.1) is 18.3 Å². The van der Waals surface area contributed by atoms with Crippen LogP contribution >= 0.6 is 37.2 Å². The first-order valence-corrected chi connectivity index (χ1v) is 11.3. The summed E-state index contributed by atoms with van der Waals surface area (Å²) in [4.78, 5) is 18.1. The fourth-order valence-electron chi connectivity index (χ4n) is 4.37. The third kappa shape index (κ3) is 8.11. The van der Waals surface area contributed by atoms with Gasteiger partial charge < -0.3 is 21.5 Å². The molecule has 1 aliphatic rings. The van der Waals surface area contributed by atoms with Gasteiger partial charge in [-0.05, 0) is 73.6 Å². The summed E-state index contributed by atoms with van der Waals surface area (Å²) in [5, 5.41) is 4.65. The largest absolute Gasteiger partial charge is 0.497 e. The zero-order valence-corrected chi connectivity index (χ0v) is 22.8. The number of pyridine rings is 1. The number of methoxy groups -OCH3 is 1. The fraction of sp³-hybridized carbons (Fsp3) is 0.360. The number of nitrogens with one attached hydrogen (secondary N) is 1. The zero-order valence-electron chi connectivity index (χ0n) is 20.3. The van der Waals surface area contributed by atoms with Crippen molar-refractivity contribution in [2.45, 2.75) is 32.2 Å². The first-order valence-electron chi connectivity index (χ1n) is 11.3. The number of guanidine groups is 1. The summed E-state index contributed by atoms with van der Waals surface area (Å²) in [5.74, 6) is 3.35. The molecule has 196 valence electrons. The maximum atomic E-state index is 5.51. The van der Waals surface area contributed by atoms with Crippen molar-refractivity contribution >= 4 is 72.1 Å². The van der Waals surface area contributed by atoms with Gasteiger partial charge >= 0.3 is 0 Å². The number of fused-ring (bicyclic) bond motifs is 1. The van der Waals surface area contributed by atoms with Crippen LogP contribution in [0.25, 0.3) is 23.1 Å². The Hall–Kier alpha value is -2.81. The van der Waals surface area contributed by atoms with E-state index in [-0.39, 0.29) is 43.2 Å². The van der Waals surface area contributed by atoms with E-state index in [0.29, 0.717) is 30.2 Å². The molecule has 5 N–H and O–H groups in total. The van der Waals surface area contributed by atoms with Crippen LogP contribution < -0.4 is 21.5 Å². The van der Waals surface area contributed by atoms with Gasteiger partial charge in [0.1, 0.15) is 11.6 Å². The van der Waals surface area contributed by atoms with Gasteiger partial charge in [-0.25, -0.2) is 9.97 Å². The highest BCUT2D eigenvalue weighted by Crippen LogP contribution is 2.33. The summed E-state index contributed by atoms with van der Waals surface area (Å²) in [6, 6.07) is 12.0. The summed E-state index contributed by atoms with van der Waals surface area (Å²) in [5.41, 5.74) is 12.7. The van der Waals surface area contributed by atoms with Crippen LogP contribution in [0.3, 0.4) is 0 Å². The number of nitrogens with zero attached hydrogens (tertiary/aromatic N) is 4. The second-order valence-electron chi connectivity index (χ2n) is 8.57. The normalized spacial score (nSPS) is 18.9. The predicted octanol–water partition coefficient (Wildman–Crippen LogP) is 4.96. The first kappa shape index (κ1) is 31.2. The molecule has 2 aromatic heterocycles. The van der Waals surface area contributed by atoms with Gasteiger partial charge in [-0.3, -0.25) is 9.98 Å². The molecular weight excluding hydrogens is 521 g/mol. The van der Waals surface area contributed by atoms with Crippen molar-refractivity contribution in [2.75, 3.05) is 19.0 Å². The fourth-order valence-corrected chi connectivity index (χ4v) is 4.37. The van der Waals surface area contributed by atoms with Gasteiger partial charge in [0.25, 0.3) is 0 Å². The zero-order chi connectivity index (χ0) is 23.2. The van der Waals surface area contributed by atoms with Gasteiger partial charge in [-0.2, -0.15) is 0 Å². The number of hydrogen-bond acceptors (Lipinski definition) is 6. The van der Waals surface area contributed by atoms with Crippen molar-refractivity contribution in [3.8, 4) is 5.75 Å². The molecule has 1 aromatic carbocycles. The number of rotatable bonds is 7. The molecule has 11 heteroatoms. The average Bonchev–Trinajstić information content (AvgIpc) is 2.83. The van der Waals surface area contributed by atoms with E-state index in [1.165, 1.54) is 0 Å². The van der Waals surface area contributed by atoms with E-state index in [2.05, 4.69) is 22.2 Å². The average molecular weight is 555 g/mol. The molecule has 1 saturated carbocycles. The number of nitrogens with two attached hydrogens (primary N) is 2. The number of ether oxygens (including phenoxy) is 1. The highest BCUT2D eigenvalue weighted by atomic mass is 35.5. The maximum Gasteiger partial charge on any atom is 0.185 e. The molecule has 0 amide bonds. The van der Waals surface area contributed by atoms with Gasteiger partial charge in [-0.15, -0.1) is 37.2 Å². The van der Waals surface area contributed by atoms with Crippen LogP contribution in [0, 0.1) is 11.8 Å². The van der Waals surface area contributed by atoms with E-state index in [1.807, 2.05) is 48.6 Å². The van der Waals surface area contributed by atoms with Crippen molar-refractivity contribution in [3.05, 3.63) is 54.1 Å². The molecule has 0 radical (unpaired) electrons. The Labute approximate surface area is 230 Å². The topological polar surface area (TPSA) is 124 Å². The Bertz CT molecular complexity index is 1160. The van der Waals surface area contributed by atoms with Crippen LogP contribution in [-0.2, 0) is 0 Å². The second-order valence-corrected chi connectivity index (χ2v) is 8.57. The third-order valence-corrected chi connectivity index (χ3v) is 6.14. The molecular formula is C25H34Cl3N7O. The minimum absolute atomic E-state index is 0. The number of halogens is 3. The van der Waals surface area contributed by atoms with E-state index in [1.54, 1.807) is 13.3 Å². The lowest BCUT2D eigenvalue weighted by Crippen LogP contribution is -2.35. The number of aliphatic imine (C=N–C) groups is 1. The molecule has 8 nitrogen and oxygen atoms in total.